The number of rotatable bonds is 6. The van der Waals surface area contributed by atoms with Gasteiger partial charge in [-0.15, -0.1) is 0 Å². The van der Waals surface area contributed by atoms with Crippen molar-refractivity contribution in [1.29, 1.82) is 0 Å². The van der Waals surface area contributed by atoms with Crippen LogP contribution in [0.25, 0.3) is 0 Å². The van der Waals surface area contributed by atoms with Gasteiger partial charge in [0.05, 0.1) is 32.0 Å². The van der Waals surface area contributed by atoms with Gasteiger partial charge in [-0.2, -0.15) is 0 Å². The van der Waals surface area contributed by atoms with Crippen molar-refractivity contribution in [3.05, 3.63) is 11.6 Å². The molecule has 0 saturated heterocycles. The van der Waals surface area contributed by atoms with Crippen LogP contribution in [0.3, 0.4) is 0 Å². The molecular formula is C30H52O5. The van der Waals surface area contributed by atoms with E-state index in [4.69, 9.17) is 0 Å². The number of hydrogen-bond acceptors (Lipinski definition) is 5. The molecule has 202 valence electrons. The summed E-state index contributed by atoms with van der Waals surface area (Å²) in [6, 6.07) is 0. The maximum absolute atomic E-state index is 11.9. The quantitative estimate of drug-likeness (QED) is 0.353. The van der Waals surface area contributed by atoms with E-state index < -0.39 is 23.0 Å². The lowest BCUT2D eigenvalue weighted by molar-refractivity contribution is -0.264. The largest absolute Gasteiger partial charge is 0.396 e. The van der Waals surface area contributed by atoms with Gasteiger partial charge in [-0.1, -0.05) is 39.3 Å². The van der Waals surface area contributed by atoms with Crippen molar-refractivity contribution < 1.29 is 25.5 Å². The molecule has 5 nitrogen and oxygen atoms in total. The van der Waals surface area contributed by atoms with Gasteiger partial charge in [-0.25, -0.2) is 0 Å². The number of fused-ring (bicyclic) bond motifs is 5. The van der Waals surface area contributed by atoms with Crippen LogP contribution in [-0.4, -0.2) is 57.6 Å². The first-order valence-electron chi connectivity index (χ1n) is 14.2. The molecule has 0 aliphatic heterocycles. The first kappa shape index (κ1) is 27.6. The molecule has 0 radical (unpaired) electrons. The van der Waals surface area contributed by atoms with Gasteiger partial charge in [-0.3, -0.25) is 0 Å². The van der Waals surface area contributed by atoms with Crippen molar-refractivity contribution in [3.8, 4) is 0 Å². The van der Waals surface area contributed by atoms with Crippen LogP contribution >= 0.6 is 0 Å². The van der Waals surface area contributed by atoms with E-state index in [-0.39, 0.29) is 42.0 Å². The van der Waals surface area contributed by atoms with Crippen molar-refractivity contribution >= 4 is 0 Å². The maximum atomic E-state index is 11.9. The Hall–Kier alpha value is -0.460. The van der Waals surface area contributed by atoms with Crippen LogP contribution in [-0.2, 0) is 0 Å². The van der Waals surface area contributed by atoms with Crippen LogP contribution in [0, 0.1) is 44.8 Å². The highest BCUT2D eigenvalue weighted by atomic mass is 16.3. The number of hydrogen-bond donors (Lipinski definition) is 5. The van der Waals surface area contributed by atoms with Crippen molar-refractivity contribution in [2.75, 3.05) is 19.8 Å². The van der Waals surface area contributed by atoms with Crippen molar-refractivity contribution in [1.82, 2.24) is 0 Å². The van der Waals surface area contributed by atoms with Crippen LogP contribution in [0.5, 0.6) is 0 Å². The fraction of sp³-hybridized carbons (Fsp3) is 0.933. The second-order valence-electron chi connectivity index (χ2n) is 14.1. The summed E-state index contributed by atoms with van der Waals surface area (Å²) in [5.74, 6) is 0.997. The Balaban J connectivity index is 1.63. The van der Waals surface area contributed by atoms with Gasteiger partial charge in [0.25, 0.3) is 0 Å². The standard InChI is InChI=1S/C30H52O5/c1-20(17-31)7-6-12-30(19-33)16-15-28(4)21(25(30)35)8-9-23-26(2)13-11-24(34)27(3,18-32)22(26)10-14-29(23,28)5/h7,21-25,31-35H,6,8-19H2,1-5H3. The van der Waals surface area contributed by atoms with Gasteiger partial charge < -0.3 is 25.5 Å². The first-order valence-corrected chi connectivity index (χ1v) is 14.2. The molecule has 0 heterocycles. The molecule has 10 unspecified atom stereocenters. The Morgan fingerprint density at radius 2 is 1.51 bits per heavy atom. The second kappa shape index (κ2) is 9.38. The van der Waals surface area contributed by atoms with Crippen LogP contribution in [0.15, 0.2) is 11.6 Å². The zero-order chi connectivity index (χ0) is 25.9. The lowest BCUT2D eigenvalue weighted by atomic mass is 9.33. The Kier molecular flexibility index (Phi) is 7.39. The highest BCUT2D eigenvalue weighted by Crippen LogP contribution is 2.74. The lowest BCUT2D eigenvalue weighted by Gasteiger charge is -2.72. The minimum absolute atomic E-state index is 0.00448. The fourth-order valence-corrected chi connectivity index (χ4v) is 10.3. The Bertz CT molecular complexity index is 813. The van der Waals surface area contributed by atoms with Gasteiger partial charge in [0.2, 0.25) is 0 Å². The third-order valence-corrected chi connectivity index (χ3v) is 12.9. The summed E-state index contributed by atoms with van der Waals surface area (Å²) in [4.78, 5) is 0. The highest BCUT2D eigenvalue weighted by Gasteiger charge is 2.69. The van der Waals surface area contributed by atoms with Crippen molar-refractivity contribution in [2.45, 2.75) is 111 Å². The molecule has 4 saturated carbocycles. The fourth-order valence-electron chi connectivity index (χ4n) is 10.3. The van der Waals surface area contributed by atoms with Gasteiger partial charge in [0, 0.05) is 10.8 Å². The minimum atomic E-state index is -0.520. The van der Waals surface area contributed by atoms with Gasteiger partial charge in [0.1, 0.15) is 0 Å². The van der Waals surface area contributed by atoms with Crippen molar-refractivity contribution in [3.63, 3.8) is 0 Å². The van der Waals surface area contributed by atoms with Crippen LogP contribution in [0.2, 0.25) is 0 Å². The summed E-state index contributed by atoms with van der Waals surface area (Å²) in [6.07, 6.45) is 10.4. The van der Waals surface area contributed by atoms with Gasteiger partial charge in [-0.05, 0) is 105 Å². The molecule has 5 heteroatoms. The third-order valence-electron chi connectivity index (χ3n) is 12.9. The highest BCUT2D eigenvalue weighted by molar-refractivity contribution is 5.18. The molecule has 5 N–H and O–H groups in total. The number of allylic oxidation sites excluding steroid dienone is 1. The molecular weight excluding hydrogens is 440 g/mol. The molecule has 10 atom stereocenters. The summed E-state index contributed by atoms with van der Waals surface area (Å²) in [7, 11) is 0. The predicted octanol–water partition coefficient (Wildman–Crippen LogP) is 4.45. The minimum Gasteiger partial charge on any atom is -0.396 e. The van der Waals surface area contributed by atoms with E-state index in [1.165, 1.54) is 0 Å². The second-order valence-corrected chi connectivity index (χ2v) is 14.1. The van der Waals surface area contributed by atoms with E-state index in [9.17, 15) is 25.5 Å². The molecule has 4 fully saturated rings. The molecule has 35 heavy (non-hydrogen) atoms. The summed E-state index contributed by atoms with van der Waals surface area (Å²) in [5.41, 5.74) is 0.218. The molecule has 4 rings (SSSR count). The number of aliphatic hydroxyl groups excluding tert-OH is 5. The molecule has 0 aromatic rings. The molecule has 0 spiro atoms. The van der Waals surface area contributed by atoms with E-state index in [1.807, 2.05) is 13.0 Å². The molecule has 0 aromatic carbocycles. The van der Waals surface area contributed by atoms with Crippen LogP contribution in [0.1, 0.15) is 98.8 Å². The molecule has 0 amide bonds. The molecule has 0 aromatic heterocycles. The molecule has 4 aliphatic rings. The predicted molar refractivity (Wildman–Crippen MR) is 139 cm³/mol. The van der Waals surface area contributed by atoms with E-state index in [0.717, 1.165) is 69.8 Å². The summed E-state index contributed by atoms with van der Waals surface area (Å²) < 4.78 is 0. The van der Waals surface area contributed by atoms with E-state index in [0.29, 0.717) is 11.8 Å². The normalized spacial score (nSPS) is 52.4. The van der Waals surface area contributed by atoms with E-state index in [2.05, 4.69) is 27.7 Å². The average Bonchev–Trinajstić information content (AvgIpc) is 2.84. The zero-order valence-electron chi connectivity index (χ0n) is 22.9. The third kappa shape index (κ3) is 3.81. The van der Waals surface area contributed by atoms with Crippen LogP contribution in [0.4, 0.5) is 0 Å². The lowest BCUT2D eigenvalue weighted by Crippen LogP contribution is -2.68. The Labute approximate surface area is 213 Å². The van der Waals surface area contributed by atoms with Gasteiger partial charge in [0.15, 0.2) is 0 Å². The van der Waals surface area contributed by atoms with Gasteiger partial charge >= 0.3 is 0 Å². The van der Waals surface area contributed by atoms with Crippen molar-refractivity contribution in [2.24, 2.45) is 44.8 Å². The zero-order valence-corrected chi connectivity index (χ0v) is 22.9. The Morgan fingerprint density at radius 1 is 0.800 bits per heavy atom. The molecule has 4 aliphatic carbocycles. The first-order chi connectivity index (χ1) is 16.4. The maximum Gasteiger partial charge on any atom is 0.0652 e. The summed E-state index contributed by atoms with van der Waals surface area (Å²) >= 11 is 0. The topological polar surface area (TPSA) is 101 Å². The molecule has 0 bridgehead atoms. The smallest absolute Gasteiger partial charge is 0.0652 e. The Morgan fingerprint density at radius 3 is 2.14 bits per heavy atom. The van der Waals surface area contributed by atoms with E-state index in [1.54, 1.807) is 0 Å². The SMILES string of the molecule is CC(=CCCC1(CO)CCC2(C)C(CCC3C4(C)CCC(O)C(C)(CO)C4CCC32C)C1O)CO. The van der Waals surface area contributed by atoms with E-state index >= 15 is 0 Å². The summed E-state index contributed by atoms with van der Waals surface area (Å²) in [6.45, 7) is 11.5. The monoisotopic (exact) mass is 492 g/mol. The average molecular weight is 493 g/mol. The summed E-state index contributed by atoms with van der Waals surface area (Å²) in [5, 5.41) is 53.0. The number of aliphatic hydroxyl groups is 5. The van der Waals surface area contributed by atoms with Crippen LogP contribution < -0.4 is 0 Å².